The number of nitrogens with two attached hydrogens (primary N) is 1. The van der Waals surface area contributed by atoms with Gasteiger partial charge in [-0.05, 0) is 12.8 Å². The summed E-state index contributed by atoms with van der Waals surface area (Å²) in [6.45, 7) is 0. The third kappa shape index (κ3) is 1.66. The topological polar surface area (TPSA) is 57.4 Å². The van der Waals surface area contributed by atoms with Crippen LogP contribution >= 0.6 is 0 Å². The summed E-state index contributed by atoms with van der Waals surface area (Å²) in [6, 6.07) is 1.74. The number of hydrogen-bond donors (Lipinski definition) is 1. The lowest BCUT2D eigenvalue weighted by Crippen LogP contribution is -2.03. The first-order valence-electron chi connectivity index (χ1n) is 4.26. The zero-order valence-corrected chi connectivity index (χ0v) is 7.49. The first-order valence-corrected chi connectivity index (χ1v) is 4.26. The smallest absolute Gasteiger partial charge is 0.204 e. The maximum absolute atomic E-state index is 5.66. The molecule has 1 aromatic rings. The molecule has 0 radical (unpaired) electrons. The molecular weight excluding hydrogens is 168 g/mol. The number of rotatable bonds is 3. The van der Waals surface area contributed by atoms with Crippen LogP contribution in [0.2, 0.25) is 0 Å². The van der Waals surface area contributed by atoms with Crippen molar-refractivity contribution in [1.29, 1.82) is 0 Å². The minimum Gasteiger partial charge on any atom is -0.493 e. The molecule has 1 heterocycles. The van der Waals surface area contributed by atoms with Gasteiger partial charge < -0.3 is 15.2 Å². The van der Waals surface area contributed by atoms with E-state index in [-0.39, 0.29) is 0 Å². The number of methoxy groups -OCH3 is 1. The van der Waals surface area contributed by atoms with Crippen molar-refractivity contribution in [2.45, 2.75) is 18.9 Å². The minimum atomic E-state index is 0.306. The molecule has 1 aliphatic carbocycles. The van der Waals surface area contributed by atoms with E-state index in [0.717, 1.165) is 12.8 Å². The van der Waals surface area contributed by atoms with Gasteiger partial charge in [-0.1, -0.05) is 0 Å². The van der Waals surface area contributed by atoms with Crippen LogP contribution in [0.5, 0.6) is 11.5 Å². The second kappa shape index (κ2) is 3.12. The summed E-state index contributed by atoms with van der Waals surface area (Å²) in [5, 5.41) is 0. The maximum atomic E-state index is 5.66. The molecule has 0 unspecified atom stereocenters. The number of nitrogen functional groups attached to an aromatic ring is 1. The van der Waals surface area contributed by atoms with E-state index in [4.69, 9.17) is 15.2 Å². The fraction of sp³-hybridized carbons (Fsp3) is 0.444. The Hall–Kier alpha value is -1.45. The van der Waals surface area contributed by atoms with Crippen LogP contribution in [-0.4, -0.2) is 18.2 Å². The second-order valence-corrected chi connectivity index (χ2v) is 3.04. The highest BCUT2D eigenvalue weighted by Crippen LogP contribution is 2.36. The van der Waals surface area contributed by atoms with E-state index in [0.29, 0.717) is 23.4 Å². The van der Waals surface area contributed by atoms with E-state index >= 15 is 0 Å². The van der Waals surface area contributed by atoms with Gasteiger partial charge in [-0.25, -0.2) is 4.98 Å². The van der Waals surface area contributed by atoms with Gasteiger partial charge in [0.15, 0.2) is 11.6 Å². The third-order valence-electron chi connectivity index (χ3n) is 1.92. The van der Waals surface area contributed by atoms with Crippen LogP contribution in [-0.2, 0) is 0 Å². The second-order valence-electron chi connectivity index (χ2n) is 3.04. The Labute approximate surface area is 76.7 Å². The lowest BCUT2D eigenvalue weighted by atomic mass is 10.4. The van der Waals surface area contributed by atoms with Crippen molar-refractivity contribution in [2.75, 3.05) is 12.8 Å². The Morgan fingerprint density at radius 3 is 2.92 bits per heavy atom. The molecule has 0 spiro atoms. The van der Waals surface area contributed by atoms with Crippen LogP contribution in [0.15, 0.2) is 12.3 Å². The Bertz CT molecular complexity index is 310. The molecule has 0 saturated heterocycles. The van der Waals surface area contributed by atoms with E-state index in [1.54, 1.807) is 19.4 Å². The molecule has 1 fully saturated rings. The number of aromatic nitrogens is 1. The zero-order chi connectivity index (χ0) is 9.26. The van der Waals surface area contributed by atoms with Gasteiger partial charge in [-0.2, -0.15) is 0 Å². The monoisotopic (exact) mass is 180 g/mol. The van der Waals surface area contributed by atoms with Crippen molar-refractivity contribution >= 4 is 5.82 Å². The van der Waals surface area contributed by atoms with Crippen molar-refractivity contribution in [2.24, 2.45) is 0 Å². The van der Waals surface area contributed by atoms with E-state index in [2.05, 4.69) is 4.98 Å². The first-order chi connectivity index (χ1) is 6.31. The summed E-state index contributed by atoms with van der Waals surface area (Å²) in [5.74, 6) is 1.62. The van der Waals surface area contributed by atoms with Gasteiger partial charge in [-0.15, -0.1) is 0 Å². The highest BCUT2D eigenvalue weighted by molar-refractivity contribution is 5.55. The van der Waals surface area contributed by atoms with Crippen LogP contribution in [0.3, 0.4) is 0 Å². The predicted molar refractivity (Wildman–Crippen MR) is 48.9 cm³/mol. The van der Waals surface area contributed by atoms with Crippen LogP contribution in [0.4, 0.5) is 5.82 Å². The highest BCUT2D eigenvalue weighted by atomic mass is 16.5. The predicted octanol–water partition coefficient (Wildman–Crippen LogP) is 1.21. The minimum absolute atomic E-state index is 0.306. The quantitative estimate of drug-likeness (QED) is 0.759. The van der Waals surface area contributed by atoms with Gasteiger partial charge in [0.2, 0.25) is 5.75 Å². The van der Waals surface area contributed by atoms with Gasteiger partial charge in [0.05, 0.1) is 13.2 Å². The Kier molecular flexibility index (Phi) is 1.96. The Balaban J connectivity index is 2.27. The summed E-state index contributed by atoms with van der Waals surface area (Å²) < 4.78 is 10.7. The summed E-state index contributed by atoms with van der Waals surface area (Å²) in [4.78, 5) is 3.94. The molecule has 1 aromatic heterocycles. The molecule has 0 aliphatic heterocycles. The van der Waals surface area contributed by atoms with Gasteiger partial charge >= 0.3 is 0 Å². The number of ether oxygens (including phenoxy) is 2. The molecule has 2 N–H and O–H groups in total. The van der Waals surface area contributed by atoms with E-state index < -0.39 is 0 Å². The lowest BCUT2D eigenvalue weighted by Gasteiger charge is -2.10. The van der Waals surface area contributed by atoms with Gasteiger partial charge in [-0.3, -0.25) is 0 Å². The van der Waals surface area contributed by atoms with Crippen LogP contribution in [0.25, 0.3) is 0 Å². The van der Waals surface area contributed by atoms with Crippen molar-refractivity contribution in [3.63, 3.8) is 0 Å². The highest BCUT2D eigenvalue weighted by Gasteiger charge is 2.26. The fourth-order valence-electron chi connectivity index (χ4n) is 1.08. The van der Waals surface area contributed by atoms with Crippen molar-refractivity contribution in [3.05, 3.63) is 12.3 Å². The molecule has 0 aromatic carbocycles. The summed E-state index contributed by atoms with van der Waals surface area (Å²) in [7, 11) is 1.59. The number of nitrogens with zero attached hydrogens (tertiary/aromatic N) is 1. The van der Waals surface area contributed by atoms with E-state index in [1.165, 1.54) is 0 Å². The zero-order valence-electron chi connectivity index (χ0n) is 7.49. The van der Waals surface area contributed by atoms with Crippen molar-refractivity contribution in [3.8, 4) is 11.5 Å². The SMILES string of the molecule is COc1ccnc(N)c1OC1CC1. The lowest BCUT2D eigenvalue weighted by molar-refractivity contribution is 0.283. The van der Waals surface area contributed by atoms with Crippen molar-refractivity contribution in [1.82, 2.24) is 4.98 Å². The maximum Gasteiger partial charge on any atom is 0.204 e. The number of pyridine rings is 1. The summed E-state index contributed by atoms with van der Waals surface area (Å²) >= 11 is 0. The molecule has 1 saturated carbocycles. The van der Waals surface area contributed by atoms with Gasteiger partial charge in [0.1, 0.15) is 0 Å². The Morgan fingerprint density at radius 2 is 2.31 bits per heavy atom. The largest absolute Gasteiger partial charge is 0.493 e. The average molecular weight is 180 g/mol. The van der Waals surface area contributed by atoms with E-state index in [1.807, 2.05) is 0 Å². The molecule has 0 atom stereocenters. The average Bonchev–Trinajstić information content (AvgIpc) is 2.92. The van der Waals surface area contributed by atoms with Gasteiger partial charge in [0.25, 0.3) is 0 Å². The fourth-order valence-corrected chi connectivity index (χ4v) is 1.08. The molecule has 2 rings (SSSR count). The molecule has 4 nitrogen and oxygen atoms in total. The molecule has 70 valence electrons. The van der Waals surface area contributed by atoms with Crippen LogP contribution in [0, 0.1) is 0 Å². The standard InChI is InChI=1S/C9H12N2O2/c1-12-7-4-5-11-9(10)8(7)13-6-2-3-6/h4-6H,2-3H2,1H3,(H2,10,11). The summed E-state index contributed by atoms with van der Waals surface area (Å²) in [5.41, 5.74) is 5.66. The van der Waals surface area contributed by atoms with Crippen LogP contribution in [0.1, 0.15) is 12.8 Å². The Morgan fingerprint density at radius 1 is 1.54 bits per heavy atom. The molecule has 4 heteroatoms. The normalized spacial score (nSPS) is 15.5. The molecule has 13 heavy (non-hydrogen) atoms. The van der Waals surface area contributed by atoms with Crippen molar-refractivity contribution < 1.29 is 9.47 Å². The number of hydrogen-bond acceptors (Lipinski definition) is 4. The molecule has 1 aliphatic rings. The summed E-state index contributed by atoms with van der Waals surface area (Å²) in [6.07, 6.45) is 4.10. The van der Waals surface area contributed by atoms with E-state index in [9.17, 15) is 0 Å². The third-order valence-corrected chi connectivity index (χ3v) is 1.92. The first kappa shape index (κ1) is 8.16. The molecule has 0 bridgehead atoms. The number of anilines is 1. The van der Waals surface area contributed by atoms with Gasteiger partial charge in [0, 0.05) is 12.3 Å². The van der Waals surface area contributed by atoms with Crippen LogP contribution < -0.4 is 15.2 Å². The molecular formula is C9H12N2O2. The molecule has 0 amide bonds.